The number of halogens is 1. The molecule has 2 aromatic carbocycles. The third-order valence-electron chi connectivity index (χ3n) is 4.23. The van der Waals surface area contributed by atoms with Gasteiger partial charge < -0.3 is 20.6 Å². The van der Waals surface area contributed by atoms with Crippen LogP contribution < -0.4 is 20.6 Å². The average Bonchev–Trinajstić information content (AvgIpc) is 3.08. The summed E-state index contributed by atoms with van der Waals surface area (Å²) in [4.78, 5) is 12.6. The van der Waals surface area contributed by atoms with Crippen molar-refractivity contribution in [3.8, 4) is 22.9 Å². The number of nitrogens with one attached hydrogen (secondary N) is 1. The second-order valence-electron chi connectivity index (χ2n) is 6.29. The van der Waals surface area contributed by atoms with Crippen molar-refractivity contribution < 1.29 is 18.7 Å². The van der Waals surface area contributed by atoms with Crippen molar-refractivity contribution in [2.24, 2.45) is 0 Å². The molecule has 0 unspecified atom stereocenters. The van der Waals surface area contributed by atoms with E-state index in [-0.39, 0.29) is 11.7 Å². The lowest BCUT2D eigenvalue weighted by molar-refractivity contribution is -0.115. The zero-order valence-electron chi connectivity index (χ0n) is 15.5. The van der Waals surface area contributed by atoms with Gasteiger partial charge >= 0.3 is 0 Å². The molecule has 2 heterocycles. The van der Waals surface area contributed by atoms with E-state index in [0.29, 0.717) is 46.9 Å². The third kappa shape index (κ3) is 4.11. The average molecular weight is 415 g/mol. The van der Waals surface area contributed by atoms with Crippen LogP contribution in [0, 0.1) is 5.82 Å². The highest BCUT2D eigenvalue weighted by atomic mass is 32.2. The fourth-order valence-electron chi connectivity index (χ4n) is 2.73. The normalized spacial score (nSPS) is 13.7. The number of anilines is 1. The molecule has 29 heavy (non-hydrogen) atoms. The van der Waals surface area contributed by atoms with Gasteiger partial charge in [0, 0.05) is 17.3 Å². The summed E-state index contributed by atoms with van der Waals surface area (Å²) in [5.74, 6) is 7.12. The predicted octanol–water partition coefficient (Wildman–Crippen LogP) is 2.69. The number of nitrogen functional groups attached to an aromatic ring is 1. The number of carbonyl (C=O) groups excluding carboxylic acids is 1. The summed E-state index contributed by atoms with van der Waals surface area (Å²) in [5, 5.41) is 10.8. The molecule has 150 valence electrons. The number of aromatic nitrogens is 3. The monoisotopic (exact) mass is 415 g/mol. The summed E-state index contributed by atoms with van der Waals surface area (Å²) in [5.41, 5.74) is 1.23. The number of hydrogen-bond acceptors (Lipinski definition) is 7. The molecule has 0 spiro atoms. The van der Waals surface area contributed by atoms with E-state index in [1.807, 2.05) is 0 Å². The number of carbonyl (C=O) groups is 1. The highest BCUT2D eigenvalue weighted by Crippen LogP contribution is 2.33. The summed E-state index contributed by atoms with van der Waals surface area (Å²) in [6.45, 7) is 2.72. The molecule has 0 bridgehead atoms. The number of rotatable bonds is 5. The SMILES string of the molecule is C[C@@H](Sc1nnc(-c2ccc(F)cc2)n1N)C(=O)Nc1ccc2c(c1)OCCO2. The Hall–Kier alpha value is -3.27. The minimum Gasteiger partial charge on any atom is -0.486 e. The molecule has 0 aliphatic carbocycles. The summed E-state index contributed by atoms with van der Waals surface area (Å²) < 4.78 is 25.4. The molecule has 0 fully saturated rings. The third-order valence-corrected chi connectivity index (χ3v) is 5.28. The van der Waals surface area contributed by atoms with Crippen LogP contribution in [0.15, 0.2) is 47.6 Å². The molecular formula is C19H18FN5O3S. The Labute approximate surface area is 170 Å². The van der Waals surface area contributed by atoms with Gasteiger partial charge in [0.1, 0.15) is 19.0 Å². The fourth-order valence-corrected chi connectivity index (χ4v) is 3.50. The smallest absolute Gasteiger partial charge is 0.237 e. The Kier molecular flexibility index (Phi) is 5.26. The van der Waals surface area contributed by atoms with E-state index in [4.69, 9.17) is 15.3 Å². The highest BCUT2D eigenvalue weighted by molar-refractivity contribution is 8.00. The summed E-state index contributed by atoms with van der Waals surface area (Å²) in [6.07, 6.45) is 0. The number of fused-ring (bicyclic) bond motifs is 1. The molecule has 1 atom stereocenters. The maximum Gasteiger partial charge on any atom is 0.237 e. The Bertz CT molecular complexity index is 1040. The highest BCUT2D eigenvalue weighted by Gasteiger charge is 2.21. The quantitative estimate of drug-likeness (QED) is 0.488. The molecule has 10 heteroatoms. The number of amides is 1. The first kappa shape index (κ1) is 19.1. The van der Waals surface area contributed by atoms with Crippen LogP contribution >= 0.6 is 11.8 Å². The summed E-state index contributed by atoms with van der Waals surface area (Å²) in [7, 11) is 0. The Morgan fingerprint density at radius 1 is 1.17 bits per heavy atom. The molecule has 0 saturated heterocycles. The largest absolute Gasteiger partial charge is 0.486 e. The van der Waals surface area contributed by atoms with E-state index in [1.165, 1.54) is 28.6 Å². The summed E-state index contributed by atoms with van der Waals surface area (Å²) in [6, 6.07) is 11.0. The Morgan fingerprint density at radius 2 is 1.90 bits per heavy atom. The second kappa shape index (κ2) is 8.00. The molecule has 1 amide bonds. The van der Waals surface area contributed by atoms with Gasteiger partial charge in [-0.3, -0.25) is 4.79 Å². The first-order valence-electron chi connectivity index (χ1n) is 8.85. The predicted molar refractivity (Wildman–Crippen MR) is 107 cm³/mol. The maximum atomic E-state index is 13.1. The number of thioether (sulfide) groups is 1. The maximum absolute atomic E-state index is 13.1. The van der Waals surface area contributed by atoms with Crippen molar-refractivity contribution in [1.29, 1.82) is 0 Å². The zero-order chi connectivity index (χ0) is 20.4. The van der Waals surface area contributed by atoms with Gasteiger partial charge in [-0.1, -0.05) is 11.8 Å². The zero-order valence-corrected chi connectivity index (χ0v) is 16.3. The van der Waals surface area contributed by atoms with E-state index in [0.717, 1.165) is 0 Å². The molecular weight excluding hydrogens is 397 g/mol. The van der Waals surface area contributed by atoms with Gasteiger partial charge in [-0.15, -0.1) is 10.2 Å². The lowest BCUT2D eigenvalue weighted by Gasteiger charge is -2.19. The van der Waals surface area contributed by atoms with Crippen LogP contribution in [0.2, 0.25) is 0 Å². The number of hydrogen-bond donors (Lipinski definition) is 2. The molecule has 3 N–H and O–H groups in total. The van der Waals surface area contributed by atoms with Gasteiger partial charge in [-0.2, -0.15) is 0 Å². The summed E-state index contributed by atoms with van der Waals surface area (Å²) >= 11 is 1.17. The second-order valence-corrected chi connectivity index (χ2v) is 7.60. The van der Waals surface area contributed by atoms with E-state index in [1.54, 1.807) is 37.3 Å². The van der Waals surface area contributed by atoms with Crippen LogP contribution in [0.3, 0.4) is 0 Å². The van der Waals surface area contributed by atoms with Crippen molar-refractivity contribution in [2.75, 3.05) is 24.4 Å². The van der Waals surface area contributed by atoms with Gasteiger partial charge in [0.05, 0.1) is 5.25 Å². The molecule has 1 aliphatic heterocycles. The number of benzene rings is 2. The van der Waals surface area contributed by atoms with Gasteiger partial charge in [-0.25, -0.2) is 9.07 Å². The molecule has 4 rings (SSSR count). The van der Waals surface area contributed by atoms with E-state index >= 15 is 0 Å². The van der Waals surface area contributed by atoms with Crippen molar-refractivity contribution in [3.63, 3.8) is 0 Å². The first-order chi connectivity index (χ1) is 14.0. The molecule has 1 aromatic heterocycles. The Morgan fingerprint density at radius 3 is 2.66 bits per heavy atom. The van der Waals surface area contributed by atoms with Crippen LogP contribution in [0.1, 0.15) is 6.92 Å². The van der Waals surface area contributed by atoms with E-state index in [9.17, 15) is 9.18 Å². The van der Waals surface area contributed by atoms with Crippen molar-refractivity contribution in [3.05, 3.63) is 48.3 Å². The molecule has 0 radical (unpaired) electrons. The van der Waals surface area contributed by atoms with Crippen LogP contribution in [0.4, 0.5) is 10.1 Å². The number of ether oxygens (including phenoxy) is 2. The number of nitrogens with zero attached hydrogens (tertiary/aromatic N) is 3. The lowest BCUT2D eigenvalue weighted by Crippen LogP contribution is -2.24. The molecule has 8 nitrogen and oxygen atoms in total. The number of nitrogens with two attached hydrogens (primary N) is 1. The van der Waals surface area contributed by atoms with Crippen molar-refractivity contribution in [2.45, 2.75) is 17.3 Å². The van der Waals surface area contributed by atoms with Crippen LogP contribution in [-0.2, 0) is 4.79 Å². The molecule has 0 saturated carbocycles. The van der Waals surface area contributed by atoms with Crippen molar-refractivity contribution in [1.82, 2.24) is 14.9 Å². The van der Waals surface area contributed by atoms with Crippen LogP contribution in [0.5, 0.6) is 11.5 Å². The Balaban J connectivity index is 1.43. The van der Waals surface area contributed by atoms with Gasteiger partial charge in [0.25, 0.3) is 0 Å². The van der Waals surface area contributed by atoms with Crippen LogP contribution in [-0.4, -0.2) is 39.2 Å². The topological polar surface area (TPSA) is 104 Å². The van der Waals surface area contributed by atoms with Crippen LogP contribution in [0.25, 0.3) is 11.4 Å². The standard InChI is InChI=1S/C19H18FN5O3S/c1-11(18(26)22-14-6-7-15-16(10-14)28-9-8-27-15)29-19-24-23-17(25(19)21)12-2-4-13(20)5-3-12/h2-7,10-11H,8-9,21H2,1H3,(H,22,26)/t11-/m1/s1. The minimum atomic E-state index is -0.490. The lowest BCUT2D eigenvalue weighted by atomic mass is 10.2. The fraction of sp³-hybridized carbons (Fsp3) is 0.211. The minimum absolute atomic E-state index is 0.224. The van der Waals surface area contributed by atoms with E-state index in [2.05, 4.69) is 15.5 Å². The molecule has 1 aliphatic rings. The van der Waals surface area contributed by atoms with Crippen molar-refractivity contribution >= 4 is 23.4 Å². The van der Waals surface area contributed by atoms with Gasteiger partial charge in [0.2, 0.25) is 11.1 Å². The van der Waals surface area contributed by atoms with Gasteiger partial charge in [-0.05, 0) is 43.3 Å². The van der Waals surface area contributed by atoms with E-state index < -0.39 is 5.25 Å². The first-order valence-corrected chi connectivity index (χ1v) is 9.73. The van der Waals surface area contributed by atoms with Gasteiger partial charge in [0.15, 0.2) is 17.3 Å². The molecule has 3 aromatic rings.